The van der Waals surface area contributed by atoms with Crippen LogP contribution < -0.4 is 5.32 Å². The molecule has 3 atom stereocenters. The van der Waals surface area contributed by atoms with Gasteiger partial charge in [0.1, 0.15) is 6.04 Å². The van der Waals surface area contributed by atoms with Crippen molar-refractivity contribution in [1.82, 2.24) is 15.1 Å². The fraction of sp³-hybridized carbons (Fsp3) is 0.789. The number of amides is 3. The molecule has 1 aliphatic rings. The van der Waals surface area contributed by atoms with Crippen molar-refractivity contribution >= 4 is 23.9 Å². The molecule has 160 valence electrons. The SMILES string of the molecule is CCCCCCCC[C@H](N[C@@H](CC)C(=O)N1C(=O)N(C)C[C@H]1C(=O)O)C(=O)O. The molecule has 0 unspecified atom stereocenters. The van der Waals surface area contributed by atoms with Gasteiger partial charge in [0.05, 0.1) is 12.6 Å². The molecule has 1 heterocycles. The Labute approximate surface area is 166 Å². The highest BCUT2D eigenvalue weighted by Crippen LogP contribution is 2.18. The van der Waals surface area contributed by atoms with Crippen molar-refractivity contribution in [1.29, 1.82) is 0 Å². The van der Waals surface area contributed by atoms with Gasteiger partial charge in [0.15, 0.2) is 6.04 Å². The van der Waals surface area contributed by atoms with Crippen LogP contribution in [0.2, 0.25) is 0 Å². The van der Waals surface area contributed by atoms with E-state index in [0.29, 0.717) is 6.42 Å². The van der Waals surface area contributed by atoms with E-state index in [1.54, 1.807) is 6.92 Å². The Morgan fingerprint density at radius 1 is 1.07 bits per heavy atom. The average Bonchev–Trinajstić information content (AvgIpc) is 2.95. The number of imide groups is 1. The third kappa shape index (κ3) is 6.47. The second-order valence-electron chi connectivity index (χ2n) is 7.30. The highest BCUT2D eigenvalue weighted by molar-refractivity contribution is 6.02. The van der Waals surface area contributed by atoms with E-state index in [2.05, 4.69) is 12.2 Å². The van der Waals surface area contributed by atoms with Gasteiger partial charge in [-0.25, -0.2) is 14.5 Å². The molecular formula is C19H33N3O6. The molecule has 1 rings (SSSR count). The first-order valence-corrected chi connectivity index (χ1v) is 10.0. The Morgan fingerprint density at radius 2 is 1.68 bits per heavy atom. The van der Waals surface area contributed by atoms with Crippen LogP contribution in [0.1, 0.15) is 65.2 Å². The first-order chi connectivity index (χ1) is 13.2. The van der Waals surface area contributed by atoms with Crippen LogP contribution in [0.5, 0.6) is 0 Å². The first kappa shape index (κ1) is 23.9. The third-order valence-electron chi connectivity index (χ3n) is 5.07. The van der Waals surface area contributed by atoms with Crippen LogP contribution in [-0.2, 0) is 14.4 Å². The highest BCUT2D eigenvalue weighted by atomic mass is 16.4. The van der Waals surface area contributed by atoms with E-state index in [-0.39, 0.29) is 13.0 Å². The average molecular weight is 399 g/mol. The van der Waals surface area contributed by atoms with Crippen molar-refractivity contribution in [3.05, 3.63) is 0 Å². The van der Waals surface area contributed by atoms with E-state index in [1.165, 1.54) is 11.9 Å². The standard InChI is InChI=1S/C19H33N3O6/c1-4-6-7-8-9-10-11-14(17(24)25)20-13(5-2)16(23)22-15(18(26)27)12-21(3)19(22)28/h13-15,20H,4-12H2,1-3H3,(H,24,25)(H,26,27)/t13-,14-,15-/m0/s1. The largest absolute Gasteiger partial charge is 0.480 e. The summed E-state index contributed by atoms with van der Waals surface area (Å²) in [6, 6.07) is -3.79. The number of aliphatic carboxylic acids is 2. The molecule has 3 N–H and O–H groups in total. The lowest BCUT2D eigenvalue weighted by atomic mass is 10.0. The molecule has 28 heavy (non-hydrogen) atoms. The first-order valence-electron chi connectivity index (χ1n) is 10.0. The number of unbranched alkanes of at least 4 members (excludes halogenated alkanes) is 5. The number of hydrogen-bond donors (Lipinski definition) is 3. The van der Waals surface area contributed by atoms with E-state index in [9.17, 15) is 29.4 Å². The van der Waals surface area contributed by atoms with Crippen LogP contribution in [-0.4, -0.2) is 75.6 Å². The Hall–Kier alpha value is -2.16. The highest BCUT2D eigenvalue weighted by Gasteiger charge is 2.45. The van der Waals surface area contributed by atoms with Crippen LogP contribution in [0.25, 0.3) is 0 Å². The smallest absolute Gasteiger partial charge is 0.328 e. The molecule has 0 aromatic rings. The predicted molar refractivity (Wildman–Crippen MR) is 103 cm³/mol. The number of nitrogens with zero attached hydrogens (tertiary/aromatic N) is 2. The molecule has 0 aliphatic carbocycles. The predicted octanol–water partition coefficient (Wildman–Crippen LogP) is 1.91. The minimum Gasteiger partial charge on any atom is -0.480 e. The Kier molecular flexibility index (Phi) is 9.92. The van der Waals surface area contributed by atoms with Crippen molar-refractivity contribution < 1.29 is 29.4 Å². The summed E-state index contributed by atoms with van der Waals surface area (Å²) < 4.78 is 0. The Morgan fingerprint density at radius 3 is 2.21 bits per heavy atom. The summed E-state index contributed by atoms with van der Waals surface area (Å²) in [5.41, 5.74) is 0. The number of carbonyl (C=O) groups is 4. The zero-order valence-corrected chi connectivity index (χ0v) is 17.0. The molecule has 0 bridgehead atoms. The molecule has 1 saturated heterocycles. The molecule has 3 amide bonds. The van der Waals surface area contributed by atoms with Gasteiger partial charge < -0.3 is 15.1 Å². The normalized spacial score (nSPS) is 19.0. The van der Waals surface area contributed by atoms with Crippen LogP contribution in [0.15, 0.2) is 0 Å². The van der Waals surface area contributed by atoms with Gasteiger partial charge in [-0.3, -0.25) is 14.9 Å². The van der Waals surface area contributed by atoms with E-state index in [0.717, 1.165) is 43.4 Å². The fourth-order valence-corrected chi connectivity index (χ4v) is 3.35. The molecule has 0 saturated carbocycles. The third-order valence-corrected chi connectivity index (χ3v) is 5.07. The summed E-state index contributed by atoms with van der Waals surface area (Å²) in [7, 11) is 1.43. The van der Waals surface area contributed by atoms with Crippen molar-refractivity contribution in [2.24, 2.45) is 0 Å². The van der Waals surface area contributed by atoms with Gasteiger partial charge >= 0.3 is 18.0 Å². The monoisotopic (exact) mass is 399 g/mol. The lowest BCUT2D eigenvalue weighted by Gasteiger charge is -2.26. The van der Waals surface area contributed by atoms with Crippen LogP contribution in [0.3, 0.4) is 0 Å². The van der Waals surface area contributed by atoms with Gasteiger partial charge in [-0.2, -0.15) is 0 Å². The molecule has 1 fully saturated rings. The second-order valence-corrected chi connectivity index (χ2v) is 7.30. The molecular weight excluding hydrogens is 366 g/mol. The van der Waals surface area contributed by atoms with Crippen molar-refractivity contribution in [3.8, 4) is 0 Å². The molecule has 0 radical (unpaired) electrons. The van der Waals surface area contributed by atoms with E-state index in [4.69, 9.17) is 0 Å². The summed E-state index contributed by atoms with van der Waals surface area (Å²) in [6.45, 7) is 3.74. The van der Waals surface area contributed by atoms with Gasteiger partial charge in [0, 0.05) is 7.05 Å². The van der Waals surface area contributed by atoms with Gasteiger partial charge in [-0.05, 0) is 12.8 Å². The summed E-state index contributed by atoms with van der Waals surface area (Å²) in [4.78, 5) is 49.9. The number of rotatable bonds is 13. The molecule has 9 heteroatoms. The van der Waals surface area contributed by atoms with Crippen molar-refractivity contribution in [2.45, 2.75) is 83.3 Å². The Bertz CT molecular complexity index is 568. The number of urea groups is 1. The number of hydrogen-bond acceptors (Lipinski definition) is 5. The zero-order valence-electron chi connectivity index (χ0n) is 17.0. The van der Waals surface area contributed by atoms with Crippen LogP contribution >= 0.6 is 0 Å². The summed E-state index contributed by atoms with van der Waals surface area (Å²) in [6.07, 6.45) is 6.75. The van der Waals surface area contributed by atoms with Gasteiger partial charge in [-0.15, -0.1) is 0 Å². The fourth-order valence-electron chi connectivity index (χ4n) is 3.35. The quantitative estimate of drug-likeness (QED) is 0.404. The summed E-state index contributed by atoms with van der Waals surface area (Å²) in [5.74, 6) is -3.01. The zero-order chi connectivity index (χ0) is 21.3. The van der Waals surface area contributed by atoms with E-state index < -0.39 is 42.0 Å². The molecule has 1 aliphatic heterocycles. The van der Waals surface area contributed by atoms with E-state index in [1.807, 2.05) is 0 Å². The minimum atomic E-state index is -1.26. The number of nitrogens with one attached hydrogen (secondary N) is 1. The summed E-state index contributed by atoms with van der Waals surface area (Å²) in [5, 5.41) is 21.6. The maximum absolute atomic E-state index is 12.8. The minimum absolute atomic E-state index is 0.0868. The van der Waals surface area contributed by atoms with E-state index >= 15 is 0 Å². The lowest BCUT2D eigenvalue weighted by Crippen LogP contribution is -2.55. The van der Waals surface area contributed by atoms with Gasteiger partial charge in [0.25, 0.3) is 0 Å². The molecule has 0 aromatic heterocycles. The van der Waals surface area contributed by atoms with Crippen LogP contribution in [0.4, 0.5) is 4.79 Å². The van der Waals surface area contributed by atoms with Gasteiger partial charge in [0.2, 0.25) is 5.91 Å². The van der Waals surface area contributed by atoms with Crippen molar-refractivity contribution in [3.63, 3.8) is 0 Å². The second kappa shape index (κ2) is 11.6. The topological polar surface area (TPSA) is 127 Å². The lowest BCUT2D eigenvalue weighted by molar-refractivity contribution is -0.147. The van der Waals surface area contributed by atoms with Crippen molar-refractivity contribution in [2.75, 3.05) is 13.6 Å². The number of carboxylic acid groups (broad SMARTS) is 2. The maximum Gasteiger partial charge on any atom is 0.328 e. The number of carboxylic acids is 2. The Balaban J connectivity index is 2.72. The van der Waals surface area contributed by atoms with Crippen LogP contribution in [0, 0.1) is 0 Å². The maximum atomic E-state index is 12.8. The van der Waals surface area contributed by atoms with Gasteiger partial charge in [-0.1, -0.05) is 52.4 Å². The molecule has 0 spiro atoms. The molecule has 9 nitrogen and oxygen atoms in total. The molecule has 0 aromatic carbocycles. The number of likely N-dealkylation sites (N-methyl/N-ethyl adjacent to an activating group) is 1. The number of carbonyl (C=O) groups excluding carboxylic acids is 2. The summed E-state index contributed by atoms with van der Waals surface area (Å²) >= 11 is 0.